The first-order valence-corrected chi connectivity index (χ1v) is 8.28. The molecule has 2 aromatic rings. The molecule has 0 saturated heterocycles. The van der Waals surface area contributed by atoms with Crippen LogP contribution in [0.15, 0.2) is 29.3 Å². The molecular weight excluding hydrogens is 288 g/mol. The van der Waals surface area contributed by atoms with E-state index in [1.165, 1.54) is 0 Å². The molecule has 0 radical (unpaired) electrons. The number of hydrogen-bond acceptors (Lipinski definition) is 3. The third-order valence-corrected chi connectivity index (χ3v) is 4.07. The summed E-state index contributed by atoms with van der Waals surface area (Å²) in [4.78, 5) is 31.2. The van der Waals surface area contributed by atoms with Crippen LogP contribution in [0.3, 0.4) is 0 Å². The van der Waals surface area contributed by atoms with E-state index < -0.39 is 0 Å². The van der Waals surface area contributed by atoms with E-state index in [1.807, 2.05) is 26.0 Å². The lowest BCUT2D eigenvalue weighted by Gasteiger charge is -2.09. The molecule has 23 heavy (non-hydrogen) atoms. The van der Waals surface area contributed by atoms with E-state index in [0.29, 0.717) is 18.4 Å². The average Bonchev–Trinajstić information content (AvgIpc) is 2.55. The largest absolute Gasteiger partial charge is 0.326 e. The summed E-state index contributed by atoms with van der Waals surface area (Å²) in [5, 5.41) is 0. The first-order valence-electron chi connectivity index (χ1n) is 8.28. The van der Waals surface area contributed by atoms with Gasteiger partial charge in [-0.1, -0.05) is 26.7 Å². The second kappa shape index (κ2) is 7.86. The summed E-state index contributed by atoms with van der Waals surface area (Å²) in [6, 6.07) is 3.78. The predicted molar refractivity (Wildman–Crippen MR) is 92.9 cm³/mol. The van der Waals surface area contributed by atoms with E-state index in [-0.39, 0.29) is 11.3 Å². The Hall–Kier alpha value is -2.23. The summed E-state index contributed by atoms with van der Waals surface area (Å²) >= 11 is 0. The van der Waals surface area contributed by atoms with Crippen molar-refractivity contribution in [2.45, 2.75) is 52.9 Å². The maximum Gasteiger partial charge on any atom is 0.251 e. The number of carbonyl (C=O) groups excluding carboxylic acids is 1. The van der Waals surface area contributed by atoms with E-state index in [0.717, 1.165) is 41.6 Å². The Morgan fingerprint density at radius 2 is 1.96 bits per heavy atom. The van der Waals surface area contributed by atoms with Gasteiger partial charge in [-0.2, -0.15) is 0 Å². The number of hydrogen-bond donors (Lipinski definition) is 1. The van der Waals surface area contributed by atoms with Gasteiger partial charge in [0.25, 0.3) is 5.56 Å². The number of H-pyrrole nitrogens is 1. The first-order chi connectivity index (χ1) is 11.1. The number of ketones is 1. The predicted octanol–water partition coefficient (Wildman–Crippen LogP) is 4.07. The number of Topliss-reactive ketones (excluding diaryl/α,β-unsaturated/α-hetero) is 1. The zero-order valence-corrected chi connectivity index (χ0v) is 14.1. The molecule has 0 amide bonds. The lowest BCUT2D eigenvalue weighted by Crippen LogP contribution is -2.13. The molecule has 0 bridgehead atoms. The summed E-state index contributed by atoms with van der Waals surface area (Å²) < 4.78 is 0. The minimum Gasteiger partial charge on any atom is -0.326 e. The molecule has 0 aliphatic rings. The summed E-state index contributed by atoms with van der Waals surface area (Å²) in [5.41, 5.74) is 3.93. The van der Waals surface area contributed by atoms with Gasteiger partial charge >= 0.3 is 0 Å². The molecule has 0 fully saturated rings. The quantitative estimate of drug-likeness (QED) is 0.619. The molecule has 0 aliphatic heterocycles. The smallest absolute Gasteiger partial charge is 0.251 e. The van der Waals surface area contributed by atoms with E-state index in [1.54, 1.807) is 12.4 Å². The molecule has 0 atom stereocenters. The molecule has 122 valence electrons. The van der Waals surface area contributed by atoms with Gasteiger partial charge < -0.3 is 4.98 Å². The van der Waals surface area contributed by atoms with Crippen LogP contribution in [0.5, 0.6) is 0 Å². The number of aromatic nitrogens is 2. The Morgan fingerprint density at radius 1 is 1.17 bits per heavy atom. The zero-order chi connectivity index (χ0) is 16.8. The van der Waals surface area contributed by atoms with Crippen LogP contribution in [-0.2, 0) is 6.42 Å². The summed E-state index contributed by atoms with van der Waals surface area (Å²) in [6.45, 7) is 5.94. The lowest BCUT2D eigenvalue weighted by atomic mass is 9.99. The van der Waals surface area contributed by atoms with Gasteiger partial charge in [0.15, 0.2) is 5.78 Å². The van der Waals surface area contributed by atoms with Crippen LogP contribution < -0.4 is 5.56 Å². The molecule has 4 nitrogen and oxygen atoms in total. The second-order valence-electron chi connectivity index (χ2n) is 5.86. The Kier molecular flexibility index (Phi) is 5.85. The highest BCUT2D eigenvalue weighted by molar-refractivity contribution is 5.96. The van der Waals surface area contributed by atoms with Crippen molar-refractivity contribution in [1.82, 2.24) is 9.97 Å². The molecule has 2 aromatic heterocycles. The summed E-state index contributed by atoms with van der Waals surface area (Å²) in [5.74, 6) is 0.130. The Morgan fingerprint density at radius 3 is 2.65 bits per heavy atom. The number of rotatable bonds is 7. The monoisotopic (exact) mass is 312 g/mol. The van der Waals surface area contributed by atoms with Crippen molar-refractivity contribution in [3.8, 4) is 11.1 Å². The van der Waals surface area contributed by atoms with E-state index in [2.05, 4.69) is 16.9 Å². The van der Waals surface area contributed by atoms with Crippen LogP contribution in [0.2, 0.25) is 0 Å². The van der Waals surface area contributed by atoms with Gasteiger partial charge in [-0.3, -0.25) is 14.6 Å². The Labute approximate surface area is 137 Å². The van der Waals surface area contributed by atoms with Crippen LogP contribution in [0.25, 0.3) is 11.1 Å². The van der Waals surface area contributed by atoms with Crippen LogP contribution >= 0.6 is 0 Å². The topological polar surface area (TPSA) is 62.8 Å². The molecule has 1 N–H and O–H groups in total. The molecule has 4 heteroatoms. The van der Waals surface area contributed by atoms with Crippen molar-refractivity contribution >= 4 is 5.78 Å². The number of carbonyl (C=O) groups is 1. The number of aryl methyl sites for hydroxylation is 2. The summed E-state index contributed by atoms with van der Waals surface area (Å²) in [7, 11) is 0. The van der Waals surface area contributed by atoms with Gasteiger partial charge in [0, 0.05) is 46.8 Å². The van der Waals surface area contributed by atoms with Crippen molar-refractivity contribution in [3.05, 3.63) is 51.7 Å². The number of pyridine rings is 2. The van der Waals surface area contributed by atoms with Gasteiger partial charge in [0.1, 0.15) is 0 Å². The molecular formula is C19H24N2O2. The standard InChI is InChI=1S/C19H24N2O2/c1-4-6-7-8-18(22)16-9-15(11-20-12-16)17-10-14(5-2)19(23)21-13(17)3/h9-12H,4-8H2,1-3H3,(H,21,23). The fraction of sp³-hybridized carbons (Fsp3) is 0.421. The molecule has 0 saturated carbocycles. The van der Waals surface area contributed by atoms with Gasteiger partial charge in [-0.05, 0) is 31.9 Å². The van der Waals surface area contributed by atoms with Crippen LogP contribution in [0.4, 0.5) is 0 Å². The SMILES string of the molecule is CCCCCC(=O)c1cncc(-c2cc(CC)c(=O)[nH]c2C)c1. The lowest BCUT2D eigenvalue weighted by molar-refractivity contribution is 0.0979. The number of aromatic amines is 1. The normalized spacial score (nSPS) is 10.7. The molecule has 2 heterocycles. The van der Waals surface area contributed by atoms with Crippen LogP contribution in [0, 0.1) is 6.92 Å². The van der Waals surface area contributed by atoms with Crippen molar-refractivity contribution in [2.75, 3.05) is 0 Å². The minimum absolute atomic E-state index is 0.0477. The van der Waals surface area contributed by atoms with E-state index in [4.69, 9.17) is 0 Å². The maximum absolute atomic E-state index is 12.3. The number of nitrogens with one attached hydrogen (secondary N) is 1. The highest BCUT2D eigenvalue weighted by Gasteiger charge is 2.11. The van der Waals surface area contributed by atoms with Crippen molar-refractivity contribution in [3.63, 3.8) is 0 Å². The third kappa shape index (κ3) is 4.15. The van der Waals surface area contributed by atoms with Crippen LogP contribution in [0.1, 0.15) is 61.1 Å². The Balaban J connectivity index is 2.33. The highest BCUT2D eigenvalue weighted by atomic mass is 16.1. The van der Waals surface area contributed by atoms with Crippen LogP contribution in [-0.4, -0.2) is 15.8 Å². The van der Waals surface area contributed by atoms with Gasteiger partial charge in [-0.15, -0.1) is 0 Å². The minimum atomic E-state index is -0.0477. The Bertz CT molecular complexity index is 747. The summed E-state index contributed by atoms with van der Waals surface area (Å²) in [6.07, 6.45) is 7.68. The van der Waals surface area contributed by atoms with Gasteiger partial charge in [-0.25, -0.2) is 0 Å². The number of nitrogens with zero attached hydrogens (tertiary/aromatic N) is 1. The third-order valence-electron chi connectivity index (χ3n) is 4.07. The van der Waals surface area contributed by atoms with Crippen molar-refractivity contribution < 1.29 is 4.79 Å². The van der Waals surface area contributed by atoms with Crippen molar-refractivity contribution in [2.24, 2.45) is 0 Å². The molecule has 0 aliphatic carbocycles. The fourth-order valence-corrected chi connectivity index (χ4v) is 2.65. The van der Waals surface area contributed by atoms with E-state index in [9.17, 15) is 9.59 Å². The molecule has 0 unspecified atom stereocenters. The average molecular weight is 312 g/mol. The first kappa shape index (κ1) is 17.1. The van der Waals surface area contributed by atoms with Gasteiger partial charge in [0.2, 0.25) is 0 Å². The van der Waals surface area contributed by atoms with Gasteiger partial charge in [0.05, 0.1) is 0 Å². The molecule has 0 aromatic carbocycles. The maximum atomic E-state index is 12.3. The molecule has 0 spiro atoms. The highest BCUT2D eigenvalue weighted by Crippen LogP contribution is 2.23. The fourth-order valence-electron chi connectivity index (χ4n) is 2.65. The van der Waals surface area contributed by atoms with Crippen molar-refractivity contribution in [1.29, 1.82) is 0 Å². The second-order valence-corrected chi connectivity index (χ2v) is 5.86. The zero-order valence-electron chi connectivity index (χ0n) is 14.1. The van der Waals surface area contributed by atoms with E-state index >= 15 is 0 Å². The molecule has 2 rings (SSSR count). The number of unbranched alkanes of at least 4 members (excludes halogenated alkanes) is 2.